The molecule has 0 aromatic heterocycles. The van der Waals surface area contributed by atoms with Crippen molar-refractivity contribution in [2.45, 2.75) is 65.1 Å². The largest absolute Gasteiger partial charge is 0.443 e. The lowest BCUT2D eigenvalue weighted by Crippen LogP contribution is -2.51. The Bertz CT molecular complexity index is 620. The van der Waals surface area contributed by atoms with Crippen molar-refractivity contribution in [3.05, 3.63) is 48.3 Å². The predicted octanol–water partition coefficient (Wildman–Crippen LogP) is 4.30. The minimum atomic E-state index is -0.593. The molecule has 0 bridgehead atoms. The summed E-state index contributed by atoms with van der Waals surface area (Å²) in [5, 5.41) is 0. The molecule has 2 amide bonds. The van der Waals surface area contributed by atoms with Crippen LogP contribution in [0.2, 0.25) is 0 Å². The molecule has 1 aliphatic rings. The maximum atomic E-state index is 12.9. The third-order valence-corrected chi connectivity index (χ3v) is 3.94. The van der Waals surface area contributed by atoms with Crippen molar-refractivity contribution in [2.75, 3.05) is 0 Å². The molecule has 136 valence electrons. The van der Waals surface area contributed by atoms with E-state index < -0.39 is 17.7 Å². The van der Waals surface area contributed by atoms with Gasteiger partial charge in [0.05, 0.1) is 6.54 Å². The Hall–Kier alpha value is -2.30. The molecule has 1 heterocycles. The summed E-state index contributed by atoms with van der Waals surface area (Å²) in [5.41, 5.74) is 0.463. The molecule has 0 radical (unpaired) electrons. The molecule has 0 saturated carbocycles. The summed E-state index contributed by atoms with van der Waals surface area (Å²) in [6.45, 7) is 8.04. The summed E-state index contributed by atoms with van der Waals surface area (Å²) in [6.07, 6.45) is 5.33. The molecule has 0 aliphatic carbocycles. The van der Waals surface area contributed by atoms with Gasteiger partial charge in [-0.1, -0.05) is 50.1 Å². The zero-order valence-electron chi connectivity index (χ0n) is 15.6. The lowest BCUT2D eigenvalue weighted by molar-refractivity contribution is -0.135. The summed E-state index contributed by atoms with van der Waals surface area (Å²) >= 11 is 0. The zero-order valence-corrected chi connectivity index (χ0v) is 15.6. The van der Waals surface area contributed by atoms with Gasteiger partial charge in [-0.25, -0.2) is 4.79 Å². The second-order valence-electron chi connectivity index (χ2n) is 7.30. The quantitative estimate of drug-likeness (QED) is 0.800. The van der Waals surface area contributed by atoms with Crippen molar-refractivity contribution in [3.8, 4) is 0 Å². The summed E-state index contributed by atoms with van der Waals surface area (Å²) in [5.74, 6) is -0.0642. The maximum absolute atomic E-state index is 12.9. The zero-order chi connectivity index (χ0) is 18.4. The van der Waals surface area contributed by atoms with E-state index in [9.17, 15) is 9.59 Å². The highest BCUT2D eigenvalue weighted by molar-refractivity contribution is 5.88. The highest BCUT2D eigenvalue weighted by Crippen LogP contribution is 2.22. The van der Waals surface area contributed by atoms with Gasteiger partial charge in [0.2, 0.25) is 5.91 Å². The molecule has 5 nitrogen and oxygen atoms in total. The van der Waals surface area contributed by atoms with Crippen molar-refractivity contribution in [1.82, 2.24) is 9.80 Å². The first kappa shape index (κ1) is 19.0. The van der Waals surface area contributed by atoms with Crippen molar-refractivity contribution >= 4 is 12.0 Å². The van der Waals surface area contributed by atoms with E-state index in [1.807, 2.05) is 51.1 Å². The van der Waals surface area contributed by atoms with E-state index in [-0.39, 0.29) is 5.91 Å². The summed E-state index contributed by atoms with van der Waals surface area (Å²) in [6, 6.07) is 9.32. The van der Waals surface area contributed by atoms with Crippen LogP contribution < -0.4 is 0 Å². The maximum Gasteiger partial charge on any atom is 0.415 e. The van der Waals surface area contributed by atoms with Gasteiger partial charge < -0.3 is 9.64 Å². The molecular formula is C20H28N2O3. The number of amides is 2. The molecule has 25 heavy (non-hydrogen) atoms. The second-order valence-corrected chi connectivity index (χ2v) is 7.30. The number of unbranched alkanes of at least 4 members (excludes halogenated alkanes) is 1. The van der Waals surface area contributed by atoms with E-state index in [1.54, 1.807) is 17.3 Å². The van der Waals surface area contributed by atoms with Gasteiger partial charge in [0, 0.05) is 12.4 Å². The standard InChI is InChI=1S/C20H28N2O3/c1-5-6-12-17-18(23)21(15-16-10-8-7-9-11-16)13-14-22(17)19(24)25-20(2,3)4/h7-11,13-14,17H,5-6,12,15H2,1-4H3/t17-/m0/s1. The molecule has 0 unspecified atom stereocenters. The van der Waals surface area contributed by atoms with Crippen LogP contribution in [0.25, 0.3) is 0 Å². The van der Waals surface area contributed by atoms with E-state index in [4.69, 9.17) is 4.74 Å². The molecule has 1 atom stereocenters. The van der Waals surface area contributed by atoms with E-state index in [2.05, 4.69) is 6.92 Å². The smallest absolute Gasteiger partial charge is 0.415 e. The predicted molar refractivity (Wildman–Crippen MR) is 97.5 cm³/mol. The van der Waals surface area contributed by atoms with Gasteiger partial charge in [-0.15, -0.1) is 0 Å². The van der Waals surface area contributed by atoms with Crippen molar-refractivity contribution in [1.29, 1.82) is 0 Å². The van der Waals surface area contributed by atoms with E-state index >= 15 is 0 Å². The van der Waals surface area contributed by atoms with Crippen LogP contribution in [-0.4, -0.2) is 33.4 Å². The third kappa shape index (κ3) is 5.34. The average Bonchev–Trinajstić information content (AvgIpc) is 2.54. The van der Waals surface area contributed by atoms with E-state index in [0.29, 0.717) is 13.0 Å². The van der Waals surface area contributed by atoms with Crippen LogP contribution in [0.3, 0.4) is 0 Å². The first-order valence-electron chi connectivity index (χ1n) is 8.86. The van der Waals surface area contributed by atoms with Crippen LogP contribution in [0.4, 0.5) is 4.79 Å². The molecule has 0 spiro atoms. The van der Waals surface area contributed by atoms with Crippen LogP contribution in [0, 0.1) is 0 Å². The fraction of sp³-hybridized carbons (Fsp3) is 0.500. The van der Waals surface area contributed by atoms with Gasteiger partial charge >= 0.3 is 6.09 Å². The Balaban J connectivity index is 2.18. The summed E-state index contributed by atoms with van der Waals surface area (Å²) < 4.78 is 5.45. The Morgan fingerprint density at radius 1 is 1.16 bits per heavy atom. The fourth-order valence-corrected chi connectivity index (χ4v) is 2.71. The molecule has 0 fully saturated rings. The van der Waals surface area contributed by atoms with Gasteiger partial charge in [0.1, 0.15) is 11.6 Å². The first-order chi connectivity index (χ1) is 11.8. The molecule has 1 aromatic carbocycles. The topological polar surface area (TPSA) is 49.9 Å². The number of benzene rings is 1. The summed E-state index contributed by atoms with van der Waals surface area (Å²) in [7, 11) is 0. The van der Waals surface area contributed by atoms with Gasteiger partial charge in [-0.05, 0) is 32.8 Å². The number of hydrogen-bond donors (Lipinski definition) is 0. The molecule has 0 saturated heterocycles. The van der Waals surface area contributed by atoms with Crippen LogP contribution in [0.5, 0.6) is 0 Å². The molecule has 5 heteroatoms. The van der Waals surface area contributed by atoms with Gasteiger partial charge in [-0.2, -0.15) is 0 Å². The minimum absolute atomic E-state index is 0.0642. The lowest BCUT2D eigenvalue weighted by Gasteiger charge is -2.36. The van der Waals surface area contributed by atoms with Crippen LogP contribution in [0.1, 0.15) is 52.5 Å². The Morgan fingerprint density at radius 3 is 2.44 bits per heavy atom. The van der Waals surface area contributed by atoms with Crippen molar-refractivity contribution in [2.24, 2.45) is 0 Å². The number of carbonyl (C=O) groups is 2. The molecule has 0 N–H and O–H groups in total. The van der Waals surface area contributed by atoms with Crippen LogP contribution >= 0.6 is 0 Å². The SMILES string of the molecule is CCCC[C@H]1C(=O)N(Cc2ccccc2)C=CN1C(=O)OC(C)(C)C. The lowest BCUT2D eigenvalue weighted by atomic mass is 10.1. The van der Waals surface area contributed by atoms with Crippen LogP contribution in [0.15, 0.2) is 42.7 Å². The monoisotopic (exact) mass is 344 g/mol. The second kappa shape index (κ2) is 8.19. The normalized spacial score (nSPS) is 17.8. The molecule has 1 aromatic rings. The van der Waals surface area contributed by atoms with E-state index in [0.717, 1.165) is 18.4 Å². The van der Waals surface area contributed by atoms with Crippen molar-refractivity contribution in [3.63, 3.8) is 0 Å². The number of nitrogens with zero attached hydrogens (tertiary/aromatic N) is 2. The molecule has 1 aliphatic heterocycles. The summed E-state index contributed by atoms with van der Waals surface area (Å²) in [4.78, 5) is 28.5. The van der Waals surface area contributed by atoms with Gasteiger partial charge in [-0.3, -0.25) is 9.69 Å². The van der Waals surface area contributed by atoms with Gasteiger partial charge in [0.15, 0.2) is 0 Å². The molecule has 2 rings (SSSR count). The highest BCUT2D eigenvalue weighted by Gasteiger charge is 2.36. The minimum Gasteiger partial charge on any atom is -0.443 e. The number of carbonyl (C=O) groups excluding carboxylic acids is 2. The Kier molecular flexibility index (Phi) is 6.23. The van der Waals surface area contributed by atoms with E-state index in [1.165, 1.54) is 4.90 Å². The Labute approximate surface area is 150 Å². The third-order valence-electron chi connectivity index (χ3n) is 3.94. The van der Waals surface area contributed by atoms with Crippen molar-refractivity contribution < 1.29 is 14.3 Å². The first-order valence-corrected chi connectivity index (χ1v) is 8.86. The van der Waals surface area contributed by atoms with Gasteiger partial charge in [0.25, 0.3) is 0 Å². The number of rotatable bonds is 5. The average molecular weight is 344 g/mol. The number of ether oxygens (including phenoxy) is 1. The highest BCUT2D eigenvalue weighted by atomic mass is 16.6. The number of hydrogen-bond acceptors (Lipinski definition) is 3. The Morgan fingerprint density at radius 2 is 1.84 bits per heavy atom. The van der Waals surface area contributed by atoms with Crippen LogP contribution in [-0.2, 0) is 16.1 Å². The molecular weight excluding hydrogens is 316 g/mol. The fourth-order valence-electron chi connectivity index (χ4n) is 2.71.